The summed E-state index contributed by atoms with van der Waals surface area (Å²) in [5.74, 6) is -0.214. The maximum Gasteiger partial charge on any atom is 0.251 e. The van der Waals surface area contributed by atoms with Crippen LogP contribution >= 0.6 is 15.9 Å². The van der Waals surface area contributed by atoms with Gasteiger partial charge >= 0.3 is 0 Å². The minimum Gasteiger partial charge on any atom is -0.386 e. The van der Waals surface area contributed by atoms with Crippen molar-refractivity contribution in [1.29, 1.82) is 0 Å². The first-order valence-corrected chi connectivity index (χ1v) is 5.99. The maximum atomic E-state index is 11.7. The standard InChI is InChI=1S/C12H16BrNO3/c1-12(16,8-17-2)7-14-11(15)9-3-5-10(13)6-4-9/h3-6,16H,7-8H2,1-2H3,(H,14,15). The lowest BCUT2D eigenvalue weighted by Crippen LogP contribution is -2.43. The van der Waals surface area contributed by atoms with Crippen molar-refractivity contribution < 1.29 is 14.6 Å². The summed E-state index contributed by atoms with van der Waals surface area (Å²) >= 11 is 3.30. The largest absolute Gasteiger partial charge is 0.386 e. The van der Waals surface area contributed by atoms with Gasteiger partial charge in [0, 0.05) is 23.7 Å². The number of benzene rings is 1. The van der Waals surface area contributed by atoms with Crippen molar-refractivity contribution in [2.75, 3.05) is 20.3 Å². The smallest absolute Gasteiger partial charge is 0.251 e. The van der Waals surface area contributed by atoms with Gasteiger partial charge in [0.25, 0.3) is 5.91 Å². The molecule has 1 aromatic rings. The Hall–Kier alpha value is -0.910. The van der Waals surface area contributed by atoms with Crippen LogP contribution in [0.2, 0.25) is 0 Å². The van der Waals surface area contributed by atoms with Gasteiger partial charge in [-0.15, -0.1) is 0 Å². The van der Waals surface area contributed by atoms with Crippen LogP contribution in [0, 0.1) is 0 Å². The first-order valence-electron chi connectivity index (χ1n) is 5.20. The Kier molecular flexibility index (Phi) is 5.11. The van der Waals surface area contributed by atoms with E-state index in [1.165, 1.54) is 7.11 Å². The normalized spacial score (nSPS) is 14.1. The second-order valence-electron chi connectivity index (χ2n) is 4.12. The number of carbonyl (C=O) groups is 1. The van der Waals surface area contributed by atoms with Gasteiger partial charge in [-0.1, -0.05) is 15.9 Å². The van der Waals surface area contributed by atoms with Gasteiger partial charge in [-0.05, 0) is 31.2 Å². The van der Waals surface area contributed by atoms with Crippen molar-refractivity contribution >= 4 is 21.8 Å². The molecule has 0 aromatic heterocycles. The molecule has 0 spiro atoms. The molecule has 0 aliphatic heterocycles. The van der Waals surface area contributed by atoms with Crippen LogP contribution in [-0.4, -0.2) is 36.9 Å². The fourth-order valence-corrected chi connectivity index (χ4v) is 1.60. The first-order chi connectivity index (χ1) is 7.94. The van der Waals surface area contributed by atoms with E-state index in [1.807, 2.05) is 0 Å². The van der Waals surface area contributed by atoms with Crippen LogP contribution in [-0.2, 0) is 4.74 Å². The zero-order valence-electron chi connectivity index (χ0n) is 9.87. The summed E-state index contributed by atoms with van der Waals surface area (Å²) in [5, 5.41) is 12.5. The molecule has 0 bridgehead atoms. The highest BCUT2D eigenvalue weighted by atomic mass is 79.9. The molecule has 1 unspecified atom stereocenters. The van der Waals surface area contributed by atoms with Gasteiger partial charge in [0.05, 0.1) is 6.61 Å². The summed E-state index contributed by atoms with van der Waals surface area (Å²) in [6, 6.07) is 7.01. The maximum absolute atomic E-state index is 11.7. The molecule has 0 saturated carbocycles. The van der Waals surface area contributed by atoms with E-state index in [2.05, 4.69) is 21.2 Å². The minimum absolute atomic E-state index is 0.149. The highest BCUT2D eigenvalue weighted by molar-refractivity contribution is 9.10. The van der Waals surface area contributed by atoms with Gasteiger partial charge in [0.15, 0.2) is 0 Å². The topological polar surface area (TPSA) is 58.6 Å². The number of hydrogen-bond donors (Lipinski definition) is 2. The van der Waals surface area contributed by atoms with Crippen molar-refractivity contribution in [3.05, 3.63) is 34.3 Å². The van der Waals surface area contributed by atoms with Gasteiger partial charge in [0.1, 0.15) is 5.60 Å². The van der Waals surface area contributed by atoms with E-state index in [-0.39, 0.29) is 19.1 Å². The third-order valence-corrected chi connectivity index (χ3v) is 2.72. The van der Waals surface area contributed by atoms with E-state index in [4.69, 9.17) is 4.74 Å². The average Bonchev–Trinajstić information content (AvgIpc) is 2.27. The molecule has 0 saturated heterocycles. The number of rotatable bonds is 5. The van der Waals surface area contributed by atoms with Gasteiger partial charge < -0.3 is 15.2 Å². The number of hydrogen-bond acceptors (Lipinski definition) is 3. The zero-order valence-corrected chi connectivity index (χ0v) is 11.5. The molecule has 0 heterocycles. The fraction of sp³-hybridized carbons (Fsp3) is 0.417. The number of methoxy groups -OCH3 is 1. The molecule has 4 nitrogen and oxygen atoms in total. The second kappa shape index (κ2) is 6.14. The molecular formula is C12H16BrNO3. The summed E-state index contributed by atoms with van der Waals surface area (Å²) in [4.78, 5) is 11.7. The molecular weight excluding hydrogens is 286 g/mol. The van der Waals surface area contributed by atoms with Crippen LogP contribution in [0.25, 0.3) is 0 Å². The van der Waals surface area contributed by atoms with Crippen molar-refractivity contribution in [2.45, 2.75) is 12.5 Å². The van der Waals surface area contributed by atoms with Crippen molar-refractivity contribution in [3.63, 3.8) is 0 Å². The van der Waals surface area contributed by atoms with Crippen LogP contribution in [0.1, 0.15) is 17.3 Å². The Morgan fingerprint density at radius 2 is 2.06 bits per heavy atom. The molecule has 0 radical (unpaired) electrons. The molecule has 1 aromatic carbocycles. The fourth-order valence-electron chi connectivity index (χ4n) is 1.34. The Labute approximate surface area is 109 Å². The monoisotopic (exact) mass is 301 g/mol. The predicted molar refractivity (Wildman–Crippen MR) is 69.0 cm³/mol. The Morgan fingerprint density at radius 1 is 1.47 bits per heavy atom. The van der Waals surface area contributed by atoms with Gasteiger partial charge in [-0.3, -0.25) is 4.79 Å². The van der Waals surface area contributed by atoms with Crippen LogP contribution in [0.4, 0.5) is 0 Å². The zero-order chi connectivity index (χ0) is 12.9. The molecule has 1 atom stereocenters. The van der Waals surface area contributed by atoms with Crippen molar-refractivity contribution in [1.82, 2.24) is 5.32 Å². The molecule has 2 N–H and O–H groups in total. The number of carbonyl (C=O) groups excluding carboxylic acids is 1. The molecule has 17 heavy (non-hydrogen) atoms. The Morgan fingerprint density at radius 3 is 2.59 bits per heavy atom. The van der Waals surface area contributed by atoms with E-state index in [1.54, 1.807) is 31.2 Å². The van der Waals surface area contributed by atoms with E-state index in [9.17, 15) is 9.90 Å². The van der Waals surface area contributed by atoms with Crippen LogP contribution in [0.3, 0.4) is 0 Å². The molecule has 0 aliphatic carbocycles. The number of nitrogens with one attached hydrogen (secondary N) is 1. The summed E-state index contributed by atoms with van der Waals surface area (Å²) in [6.07, 6.45) is 0. The first kappa shape index (κ1) is 14.2. The van der Waals surface area contributed by atoms with Crippen LogP contribution in [0.5, 0.6) is 0 Å². The summed E-state index contributed by atoms with van der Waals surface area (Å²) in [7, 11) is 1.50. The molecule has 0 fully saturated rings. The summed E-state index contributed by atoms with van der Waals surface area (Å²) < 4.78 is 5.77. The number of amides is 1. The SMILES string of the molecule is COCC(C)(O)CNC(=O)c1ccc(Br)cc1. The Balaban J connectivity index is 2.53. The summed E-state index contributed by atoms with van der Waals surface area (Å²) in [5.41, 5.74) is -0.499. The van der Waals surface area contributed by atoms with E-state index >= 15 is 0 Å². The van der Waals surface area contributed by atoms with Gasteiger partial charge in [0.2, 0.25) is 0 Å². The van der Waals surface area contributed by atoms with E-state index in [0.717, 1.165) is 4.47 Å². The lowest BCUT2D eigenvalue weighted by molar-refractivity contribution is -0.0147. The third-order valence-electron chi connectivity index (χ3n) is 2.19. The predicted octanol–water partition coefficient (Wildman–Crippen LogP) is 1.58. The van der Waals surface area contributed by atoms with E-state index < -0.39 is 5.60 Å². The third kappa shape index (κ3) is 4.85. The number of ether oxygens (including phenoxy) is 1. The molecule has 94 valence electrons. The van der Waals surface area contributed by atoms with Crippen molar-refractivity contribution in [3.8, 4) is 0 Å². The highest BCUT2D eigenvalue weighted by Gasteiger charge is 2.21. The number of aliphatic hydroxyl groups is 1. The van der Waals surface area contributed by atoms with Gasteiger partial charge in [-0.25, -0.2) is 0 Å². The van der Waals surface area contributed by atoms with Crippen LogP contribution < -0.4 is 5.32 Å². The molecule has 1 amide bonds. The second-order valence-corrected chi connectivity index (χ2v) is 5.04. The lowest BCUT2D eigenvalue weighted by atomic mass is 10.1. The highest BCUT2D eigenvalue weighted by Crippen LogP contribution is 2.10. The molecule has 1 rings (SSSR count). The molecule has 0 aliphatic rings. The quantitative estimate of drug-likeness (QED) is 0.868. The summed E-state index contributed by atoms with van der Waals surface area (Å²) in [6.45, 7) is 1.93. The number of halogens is 1. The van der Waals surface area contributed by atoms with E-state index in [0.29, 0.717) is 5.56 Å². The average molecular weight is 302 g/mol. The van der Waals surface area contributed by atoms with Gasteiger partial charge in [-0.2, -0.15) is 0 Å². The van der Waals surface area contributed by atoms with Crippen LogP contribution in [0.15, 0.2) is 28.7 Å². The Bertz CT molecular complexity index is 376. The molecule has 5 heteroatoms. The lowest BCUT2D eigenvalue weighted by Gasteiger charge is -2.22. The minimum atomic E-state index is -1.06. The van der Waals surface area contributed by atoms with Crippen molar-refractivity contribution in [2.24, 2.45) is 0 Å².